The highest BCUT2D eigenvalue weighted by Crippen LogP contribution is 2.43. The van der Waals surface area contributed by atoms with Gasteiger partial charge in [-0.15, -0.1) is 0 Å². The highest BCUT2D eigenvalue weighted by atomic mass is 16.2. The molecular formula is C16H14N2O2. The highest BCUT2D eigenvalue weighted by molar-refractivity contribution is 6.11. The van der Waals surface area contributed by atoms with E-state index in [4.69, 9.17) is 5.41 Å². The van der Waals surface area contributed by atoms with E-state index in [-0.39, 0.29) is 17.7 Å². The topological polar surface area (TPSA) is 61.2 Å². The first-order chi connectivity index (χ1) is 9.61. The van der Waals surface area contributed by atoms with Gasteiger partial charge in [-0.25, -0.2) is 0 Å². The Hall–Kier alpha value is -2.49. The van der Waals surface area contributed by atoms with Crippen molar-refractivity contribution in [3.05, 3.63) is 59.8 Å². The summed E-state index contributed by atoms with van der Waals surface area (Å²) in [7, 11) is 0. The third-order valence-corrected chi connectivity index (χ3v) is 3.75. The number of allylic oxidation sites excluding steroid dienone is 4. The molecule has 1 N–H and O–H groups in total. The summed E-state index contributed by atoms with van der Waals surface area (Å²) < 4.78 is 0. The molecule has 1 fully saturated rings. The van der Waals surface area contributed by atoms with Gasteiger partial charge in [-0.3, -0.25) is 14.5 Å². The van der Waals surface area contributed by atoms with E-state index in [0.29, 0.717) is 11.4 Å². The summed E-state index contributed by atoms with van der Waals surface area (Å²) in [6.07, 6.45) is 5.15. The lowest BCUT2D eigenvalue weighted by molar-refractivity contribution is -0.139. The molecule has 2 unspecified atom stereocenters. The Bertz CT molecular complexity index is 658. The second-order valence-electron chi connectivity index (χ2n) is 4.96. The van der Waals surface area contributed by atoms with Crippen molar-refractivity contribution in [3.8, 4) is 0 Å². The molecule has 1 saturated heterocycles. The lowest BCUT2D eigenvalue weighted by atomic mass is 9.82. The van der Waals surface area contributed by atoms with Crippen molar-refractivity contribution in [1.29, 1.82) is 5.41 Å². The van der Waals surface area contributed by atoms with Crippen LogP contribution in [0.2, 0.25) is 0 Å². The molecule has 1 aliphatic carbocycles. The zero-order valence-corrected chi connectivity index (χ0v) is 11.0. The number of amides is 2. The van der Waals surface area contributed by atoms with Gasteiger partial charge in [0.05, 0.1) is 11.8 Å². The Kier molecular flexibility index (Phi) is 2.86. The molecule has 2 atom stereocenters. The van der Waals surface area contributed by atoms with Gasteiger partial charge in [-0.05, 0) is 17.7 Å². The van der Waals surface area contributed by atoms with Crippen molar-refractivity contribution >= 4 is 17.5 Å². The summed E-state index contributed by atoms with van der Waals surface area (Å²) in [6, 6.07) is 9.36. The summed E-state index contributed by atoms with van der Waals surface area (Å²) in [5.74, 6) is -1.39. The molecular weight excluding hydrogens is 252 g/mol. The highest BCUT2D eigenvalue weighted by Gasteiger charge is 2.48. The van der Waals surface area contributed by atoms with E-state index in [9.17, 15) is 9.59 Å². The van der Waals surface area contributed by atoms with Crippen molar-refractivity contribution in [1.82, 2.24) is 4.90 Å². The number of fused-ring (bicyclic) bond motifs is 1. The second kappa shape index (κ2) is 4.56. The predicted octanol–water partition coefficient (Wildman–Crippen LogP) is 2.25. The Morgan fingerprint density at radius 1 is 1.20 bits per heavy atom. The number of hydrogen-bond acceptors (Lipinski definition) is 3. The van der Waals surface area contributed by atoms with Crippen LogP contribution in [0.1, 0.15) is 18.4 Å². The SMILES string of the molecule is CC(=O)N1C(=O)C(c2ccccc2)C2C(=N)C=CC=C21. The van der Waals surface area contributed by atoms with Crippen LogP contribution in [0.5, 0.6) is 0 Å². The summed E-state index contributed by atoms with van der Waals surface area (Å²) in [4.78, 5) is 25.6. The van der Waals surface area contributed by atoms with Crippen LogP contribution in [0.4, 0.5) is 0 Å². The number of carbonyl (C=O) groups excluding carboxylic acids is 2. The van der Waals surface area contributed by atoms with Crippen LogP contribution in [-0.2, 0) is 9.59 Å². The summed E-state index contributed by atoms with van der Waals surface area (Å²) in [5, 5.41) is 8.10. The Balaban J connectivity index is 2.14. The number of rotatable bonds is 1. The van der Waals surface area contributed by atoms with Crippen molar-refractivity contribution < 1.29 is 9.59 Å². The Labute approximate surface area is 116 Å². The van der Waals surface area contributed by atoms with E-state index < -0.39 is 5.92 Å². The van der Waals surface area contributed by atoms with Crippen LogP contribution in [0, 0.1) is 11.3 Å². The number of hydrogen-bond donors (Lipinski definition) is 1. The lowest BCUT2D eigenvalue weighted by Gasteiger charge is -2.20. The van der Waals surface area contributed by atoms with Gasteiger partial charge < -0.3 is 5.41 Å². The number of likely N-dealkylation sites (tertiary alicyclic amines) is 1. The van der Waals surface area contributed by atoms with Gasteiger partial charge in [0, 0.05) is 18.3 Å². The molecule has 2 aliphatic rings. The second-order valence-corrected chi connectivity index (χ2v) is 4.96. The van der Waals surface area contributed by atoms with Gasteiger partial charge in [0.25, 0.3) is 0 Å². The molecule has 1 aromatic rings. The Morgan fingerprint density at radius 2 is 1.90 bits per heavy atom. The molecule has 0 radical (unpaired) electrons. The number of nitrogens with zero attached hydrogens (tertiary/aromatic N) is 1. The first kappa shape index (κ1) is 12.5. The Morgan fingerprint density at radius 3 is 2.55 bits per heavy atom. The largest absolute Gasteiger partial charge is 0.305 e. The van der Waals surface area contributed by atoms with Crippen LogP contribution in [0.25, 0.3) is 0 Å². The minimum absolute atomic E-state index is 0.242. The van der Waals surface area contributed by atoms with Gasteiger partial charge >= 0.3 is 0 Å². The fourth-order valence-electron chi connectivity index (χ4n) is 2.92. The van der Waals surface area contributed by atoms with E-state index >= 15 is 0 Å². The fraction of sp³-hybridized carbons (Fsp3) is 0.188. The van der Waals surface area contributed by atoms with Crippen molar-refractivity contribution in [2.75, 3.05) is 0 Å². The van der Waals surface area contributed by atoms with Gasteiger partial charge in [0.2, 0.25) is 11.8 Å². The standard InChI is InChI=1S/C16H14N2O2/c1-10(19)18-13-9-5-8-12(17)15(13)14(16(18)20)11-6-3-2-4-7-11/h2-9,14-15,17H,1H3. The monoisotopic (exact) mass is 266 g/mol. The molecule has 0 aromatic heterocycles. The van der Waals surface area contributed by atoms with Gasteiger partial charge in [-0.2, -0.15) is 0 Å². The molecule has 20 heavy (non-hydrogen) atoms. The van der Waals surface area contributed by atoms with Crippen LogP contribution in [-0.4, -0.2) is 22.4 Å². The maximum atomic E-state index is 12.6. The molecule has 3 rings (SSSR count). The van der Waals surface area contributed by atoms with Gasteiger partial charge in [0.1, 0.15) is 0 Å². The van der Waals surface area contributed by atoms with Gasteiger partial charge in [0.15, 0.2) is 0 Å². The number of carbonyl (C=O) groups is 2. The molecule has 0 saturated carbocycles. The quantitative estimate of drug-likeness (QED) is 0.847. The molecule has 4 nitrogen and oxygen atoms in total. The van der Waals surface area contributed by atoms with E-state index in [1.165, 1.54) is 11.8 Å². The molecule has 1 aliphatic heterocycles. The normalized spacial score (nSPS) is 24.6. The molecule has 2 amide bonds. The number of nitrogens with one attached hydrogen (secondary N) is 1. The smallest absolute Gasteiger partial charge is 0.242 e. The molecule has 0 bridgehead atoms. The minimum atomic E-state index is -0.483. The minimum Gasteiger partial charge on any atom is -0.305 e. The van der Waals surface area contributed by atoms with Crippen LogP contribution in [0.15, 0.2) is 54.3 Å². The van der Waals surface area contributed by atoms with E-state index in [1.807, 2.05) is 30.3 Å². The van der Waals surface area contributed by atoms with Crippen molar-refractivity contribution in [2.24, 2.45) is 5.92 Å². The fourth-order valence-corrected chi connectivity index (χ4v) is 2.92. The maximum absolute atomic E-state index is 12.6. The maximum Gasteiger partial charge on any atom is 0.242 e. The molecule has 100 valence electrons. The first-order valence-corrected chi connectivity index (χ1v) is 6.47. The van der Waals surface area contributed by atoms with Crippen molar-refractivity contribution in [3.63, 3.8) is 0 Å². The van der Waals surface area contributed by atoms with Crippen LogP contribution < -0.4 is 0 Å². The third kappa shape index (κ3) is 1.72. The van der Waals surface area contributed by atoms with E-state index in [1.54, 1.807) is 18.2 Å². The zero-order chi connectivity index (χ0) is 14.3. The van der Waals surface area contributed by atoms with E-state index in [0.717, 1.165) is 5.56 Å². The molecule has 0 spiro atoms. The molecule has 1 aromatic carbocycles. The summed E-state index contributed by atoms with van der Waals surface area (Å²) >= 11 is 0. The lowest BCUT2D eigenvalue weighted by Crippen LogP contribution is -2.30. The average Bonchev–Trinajstić information content (AvgIpc) is 2.73. The first-order valence-electron chi connectivity index (χ1n) is 6.47. The molecule has 1 heterocycles. The molecule has 4 heteroatoms. The number of imide groups is 1. The third-order valence-electron chi connectivity index (χ3n) is 3.75. The van der Waals surface area contributed by atoms with Gasteiger partial charge in [-0.1, -0.05) is 36.4 Å². The average molecular weight is 266 g/mol. The number of benzene rings is 1. The van der Waals surface area contributed by atoms with Crippen LogP contribution >= 0.6 is 0 Å². The summed E-state index contributed by atoms with van der Waals surface area (Å²) in [6.45, 7) is 1.38. The summed E-state index contributed by atoms with van der Waals surface area (Å²) in [5.41, 5.74) is 1.83. The van der Waals surface area contributed by atoms with Crippen LogP contribution in [0.3, 0.4) is 0 Å². The van der Waals surface area contributed by atoms with E-state index in [2.05, 4.69) is 0 Å². The van der Waals surface area contributed by atoms with Crippen molar-refractivity contribution in [2.45, 2.75) is 12.8 Å². The predicted molar refractivity (Wildman–Crippen MR) is 75.1 cm³/mol. The zero-order valence-electron chi connectivity index (χ0n) is 11.0.